The van der Waals surface area contributed by atoms with Crippen molar-refractivity contribution in [1.29, 1.82) is 0 Å². The Bertz CT molecular complexity index is 733. The minimum absolute atomic E-state index is 0.0567. The molecule has 0 aliphatic carbocycles. The van der Waals surface area contributed by atoms with E-state index in [1.165, 1.54) is 6.07 Å². The largest absolute Gasteiger partial charge is 0.325 e. The van der Waals surface area contributed by atoms with Crippen LogP contribution in [0, 0.1) is 18.6 Å². The first-order valence-electron chi connectivity index (χ1n) is 7.14. The first-order valence-corrected chi connectivity index (χ1v) is 8.29. The Hall–Kier alpha value is -2.41. The van der Waals surface area contributed by atoms with Gasteiger partial charge < -0.3 is 10.6 Å². The molecule has 24 heavy (non-hydrogen) atoms. The van der Waals surface area contributed by atoms with E-state index < -0.39 is 23.2 Å². The van der Waals surface area contributed by atoms with E-state index in [0.717, 1.165) is 29.5 Å². The summed E-state index contributed by atoms with van der Waals surface area (Å²) in [5.74, 6) is -2.55. The van der Waals surface area contributed by atoms with Gasteiger partial charge in [-0.3, -0.25) is 9.59 Å². The molecule has 0 radical (unpaired) electrons. The predicted molar refractivity (Wildman–Crippen MR) is 92.1 cm³/mol. The summed E-state index contributed by atoms with van der Waals surface area (Å²) in [5, 5.41) is 4.88. The molecule has 0 saturated heterocycles. The molecule has 0 spiro atoms. The Balaban J connectivity index is 1.77. The molecule has 0 heterocycles. The molecule has 2 rings (SSSR count). The summed E-state index contributed by atoms with van der Waals surface area (Å²) in [7, 11) is 0. The monoisotopic (exact) mass is 350 g/mol. The van der Waals surface area contributed by atoms with Gasteiger partial charge in [-0.05, 0) is 36.8 Å². The molecule has 2 aromatic carbocycles. The van der Waals surface area contributed by atoms with E-state index in [-0.39, 0.29) is 17.4 Å². The lowest BCUT2D eigenvalue weighted by Gasteiger charge is -2.08. The fraction of sp³-hybridized carbons (Fsp3) is 0.176. The molecule has 4 nitrogen and oxygen atoms in total. The van der Waals surface area contributed by atoms with Gasteiger partial charge >= 0.3 is 0 Å². The number of para-hydroxylation sites is 1. The van der Waals surface area contributed by atoms with Crippen molar-refractivity contribution in [2.24, 2.45) is 0 Å². The van der Waals surface area contributed by atoms with Gasteiger partial charge in [-0.1, -0.05) is 18.2 Å². The number of hydrogen-bond acceptors (Lipinski definition) is 3. The molecule has 126 valence electrons. The summed E-state index contributed by atoms with van der Waals surface area (Å²) in [6, 6.07) is 10.7. The van der Waals surface area contributed by atoms with E-state index in [9.17, 15) is 18.4 Å². The van der Waals surface area contributed by atoms with E-state index in [1.807, 2.05) is 25.1 Å². The molecule has 0 saturated carbocycles. The zero-order chi connectivity index (χ0) is 17.5. The zero-order valence-electron chi connectivity index (χ0n) is 12.9. The van der Waals surface area contributed by atoms with Gasteiger partial charge in [0, 0.05) is 5.69 Å². The molecule has 0 bridgehead atoms. The van der Waals surface area contributed by atoms with E-state index in [4.69, 9.17) is 0 Å². The van der Waals surface area contributed by atoms with Gasteiger partial charge in [-0.25, -0.2) is 8.78 Å². The maximum atomic E-state index is 13.4. The van der Waals surface area contributed by atoms with Crippen LogP contribution in [0.15, 0.2) is 42.5 Å². The summed E-state index contributed by atoms with van der Waals surface area (Å²) in [5.41, 5.74) is 1.22. The third kappa shape index (κ3) is 5.34. The number of amides is 2. The van der Waals surface area contributed by atoms with E-state index in [1.54, 1.807) is 6.07 Å². The summed E-state index contributed by atoms with van der Waals surface area (Å²) in [6.45, 7) is 1.91. The van der Waals surface area contributed by atoms with Gasteiger partial charge in [-0.15, -0.1) is 11.8 Å². The van der Waals surface area contributed by atoms with Gasteiger partial charge in [0.05, 0.1) is 11.5 Å². The summed E-state index contributed by atoms with van der Waals surface area (Å²) >= 11 is 1.05. The fourth-order valence-electron chi connectivity index (χ4n) is 1.95. The van der Waals surface area contributed by atoms with Crippen LogP contribution in [-0.2, 0) is 9.59 Å². The van der Waals surface area contributed by atoms with Gasteiger partial charge in [0.25, 0.3) is 0 Å². The molecule has 0 aromatic heterocycles. The van der Waals surface area contributed by atoms with Gasteiger partial charge in [0.2, 0.25) is 11.8 Å². The normalized spacial score (nSPS) is 10.3. The van der Waals surface area contributed by atoms with Crippen molar-refractivity contribution < 1.29 is 18.4 Å². The molecule has 7 heteroatoms. The Kier molecular flexibility index (Phi) is 6.31. The molecule has 0 aliphatic rings. The number of benzene rings is 2. The average Bonchev–Trinajstić information content (AvgIpc) is 2.51. The zero-order valence-corrected chi connectivity index (χ0v) is 13.8. The lowest BCUT2D eigenvalue weighted by Crippen LogP contribution is -2.19. The number of halogens is 2. The first kappa shape index (κ1) is 17.9. The second-order valence-corrected chi connectivity index (χ2v) is 6.04. The Morgan fingerprint density at radius 2 is 1.54 bits per heavy atom. The van der Waals surface area contributed by atoms with Crippen LogP contribution in [0.25, 0.3) is 0 Å². The highest BCUT2D eigenvalue weighted by atomic mass is 32.2. The Morgan fingerprint density at radius 1 is 0.958 bits per heavy atom. The van der Waals surface area contributed by atoms with Crippen molar-refractivity contribution in [2.75, 3.05) is 22.1 Å². The second kappa shape index (κ2) is 8.44. The van der Waals surface area contributed by atoms with Crippen molar-refractivity contribution in [3.05, 3.63) is 59.7 Å². The van der Waals surface area contributed by atoms with Gasteiger partial charge in [0.1, 0.15) is 17.3 Å². The number of thioether (sulfide) groups is 1. The average molecular weight is 350 g/mol. The van der Waals surface area contributed by atoms with Crippen molar-refractivity contribution in [3.63, 3.8) is 0 Å². The highest BCUT2D eigenvalue weighted by Crippen LogP contribution is 2.18. The highest BCUT2D eigenvalue weighted by Gasteiger charge is 2.12. The van der Waals surface area contributed by atoms with Gasteiger partial charge in [-0.2, -0.15) is 0 Å². The topological polar surface area (TPSA) is 58.2 Å². The lowest BCUT2D eigenvalue weighted by atomic mass is 10.2. The van der Waals surface area contributed by atoms with Crippen LogP contribution in [0.1, 0.15) is 5.56 Å². The van der Waals surface area contributed by atoms with E-state index in [0.29, 0.717) is 5.69 Å². The van der Waals surface area contributed by atoms with Crippen molar-refractivity contribution in [1.82, 2.24) is 0 Å². The standard InChI is InChI=1S/C17H16F2N2O2S/c1-11-4-2-5-12(8-11)20-15(22)9-24-10-16(23)21-17-13(18)6-3-7-14(17)19/h2-8H,9-10H2,1H3,(H,20,22)(H,21,23). The van der Waals surface area contributed by atoms with Crippen LogP contribution >= 0.6 is 11.8 Å². The number of rotatable bonds is 6. The van der Waals surface area contributed by atoms with Gasteiger partial charge in [0.15, 0.2) is 0 Å². The summed E-state index contributed by atoms with van der Waals surface area (Å²) in [6.07, 6.45) is 0. The van der Waals surface area contributed by atoms with E-state index >= 15 is 0 Å². The number of nitrogens with one attached hydrogen (secondary N) is 2. The first-order chi connectivity index (χ1) is 11.5. The second-order valence-electron chi connectivity index (χ2n) is 5.06. The third-order valence-corrected chi connectivity index (χ3v) is 3.93. The predicted octanol–water partition coefficient (Wildman–Crippen LogP) is 3.58. The number of carbonyl (C=O) groups excluding carboxylic acids is 2. The van der Waals surface area contributed by atoms with Crippen LogP contribution in [0.4, 0.5) is 20.2 Å². The van der Waals surface area contributed by atoms with Crippen molar-refractivity contribution in [2.45, 2.75) is 6.92 Å². The molecule has 0 unspecified atom stereocenters. The van der Waals surface area contributed by atoms with E-state index in [2.05, 4.69) is 10.6 Å². The Labute approximate surface area is 142 Å². The van der Waals surface area contributed by atoms with Crippen LogP contribution in [0.2, 0.25) is 0 Å². The maximum absolute atomic E-state index is 13.4. The Morgan fingerprint density at radius 3 is 2.17 bits per heavy atom. The van der Waals surface area contributed by atoms with Crippen LogP contribution in [0.3, 0.4) is 0 Å². The van der Waals surface area contributed by atoms with Crippen LogP contribution in [0.5, 0.6) is 0 Å². The number of carbonyl (C=O) groups is 2. The molecule has 0 atom stereocenters. The smallest absolute Gasteiger partial charge is 0.234 e. The molecular formula is C17H16F2N2O2S. The molecular weight excluding hydrogens is 334 g/mol. The number of hydrogen-bond donors (Lipinski definition) is 2. The number of aryl methyl sites for hydroxylation is 1. The quantitative estimate of drug-likeness (QED) is 0.837. The van der Waals surface area contributed by atoms with Crippen molar-refractivity contribution >= 4 is 35.0 Å². The van der Waals surface area contributed by atoms with Crippen LogP contribution < -0.4 is 10.6 Å². The summed E-state index contributed by atoms with van der Waals surface area (Å²) < 4.78 is 26.8. The number of anilines is 2. The molecule has 2 N–H and O–H groups in total. The van der Waals surface area contributed by atoms with Crippen molar-refractivity contribution in [3.8, 4) is 0 Å². The molecule has 2 amide bonds. The minimum Gasteiger partial charge on any atom is -0.325 e. The SMILES string of the molecule is Cc1cccc(NC(=O)CSCC(=O)Nc2c(F)cccc2F)c1. The fourth-order valence-corrected chi connectivity index (χ4v) is 2.57. The van der Waals surface area contributed by atoms with Crippen LogP contribution in [-0.4, -0.2) is 23.3 Å². The highest BCUT2D eigenvalue weighted by molar-refractivity contribution is 8.00. The minimum atomic E-state index is -0.842. The summed E-state index contributed by atoms with van der Waals surface area (Å²) in [4.78, 5) is 23.5. The third-order valence-electron chi connectivity index (χ3n) is 3.00. The molecule has 0 fully saturated rings. The maximum Gasteiger partial charge on any atom is 0.234 e. The molecule has 0 aliphatic heterocycles. The lowest BCUT2D eigenvalue weighted by molar-refractivity contribution is -0.114. The molecule has 2 aromatic rings.